The standard InChI is InChI=1S/C22H25NO5/c1-5-16-9-12-18(13-10-16)23-22(25)15(2)28-20(24)14-11-17-7-6-8-19(26-3)21(17)27-4/h6-15H,5H2,1-4H3,(H,23,25)/b14-11+/t15-/m1/s1. The molecule has 0 aliphatic carbocycles. The van der Waals surface area contributed by atoms with Crippen LogP contribution in [0.1, 0.15) is 25.0 Å². The second kappa shape index (κ2) is 10.2. The molecule has 0 aromatic heterocycles. The summed E-state index contributed by atoms with van der Waals surface area (Å²) in [5.74, 6) is 0.0361. The number of anilines is 1. The van der Waals surface area contributed by atoms with Gasteiger partial charge in [0.15, 0.2) is 17.6 Å². The molecule has 0 saturated heterocycles. The quantitative estimate of drug-likeness (QED) is 0.554. The molecule has 2 aromatic rings. The van der Waals surface area contributed by atoms with Crippen LogP contribution in [0.5, 0.6) is 11.5 Å². The molecule has 6 heteroatoms. The van der Waals surface area contributed by atoms with Gasteiger partial charge in [0.25, 0.3) is 5.91 Å². The van der Waals surface area contributed by atoms with Crippen LogP contribution in [0.25, 0.3) is 6.08 Å². The van der Waals surface area contributed by atoms with Crippen molar-refractivity contribution in [2.75, 3.05) is 19.5 Å². The van der Waals surface area contributed by atoms with Crippen molar-refractivity contribution in [3.8, 4) is 11.5 Å². The average Bonchev–Trinajstić information content (AvgIpc) is 2.72. The van der Waals surface area contributed by atoms with Crippen LogP contribution in [0.3, 0.4) is 0 Å². The van der Waals surface area contributed by atoms with Crippen molar-refractivity contribution in [3.05, 3.63) is 59.7 Å². The Morgan fingerprint density at radius 2 is 1.79 bits per heavy atom. The molecule has 148 valence electrons. The van der Waals surface area contributed by atoms with Gasteiger partial charge in [0, 0.05) is 17.3 Å². The molecule has 1 atom stereocenters. The Labute approximate surface area is 165 Å². The maximum atomic E-state index is 12.2. The van der Waals surface area contributed by atoms with Crippen molar-refractivity contribution < 1.29 is 23.8 Å². The number of hydrogen-bond acceptors (Lipinski definition) is 5. The highest BCUT2D eigenvalue weighted by molar-refractivity contribution is 5.96. The Kier molecular flexibility index (Phi) is 7.63. The van der Waals surface area contributed by atoms with Crippen LogP contribution in [-0.2, 0) is 20.7 Å². The number of aryl methyl sites for hydroxylation is 1. The van der Waals surface area contributed by atoms with Crippen molar-refractivity contribution in [3.63, 3.8) is 0 Å². The molecule has 0 radical (unpaired) electrons. The summed E-state index contributed by atoms with van der Waals surface area (Å²) in [5, 5.41) is 2.73. The number of nitrogens with one attached hydrogen (secondary N) is 1. The van der Waals surface area contributed by atoms with Crippen molar-refractivity contribution in [2.24, 2.45) is 0 Å². The fourth-order valence-electron chi connectivity index (χ4n) is 2.54. The van der Waals surface area contributed by atoms with Crippen LogP contribution >= 0.6 is 0 Å². The Hall–Kier alpha value is -3.28. The predicted molar refractivity (Wildman–Crippen MR) is 109 cm³/mol. The summed E-state index contributed by atoms with van der Waals surface area (Å²) in [5.41, 5.74) is 2.49. The minimum absolute atomic E-state index is 0.398. The molecule has 0 spiro atoms. The molecule has 2 rings (SSSR count). The van der Waals surface area contributed by atoms with Gasteiger partial charge in [-0.2, -0.15) is 0 Å². The highest BCUT2D eigenvalue weighted by Gasteiger charge is 2.17. The number of carbonyl (C=O) groups excluding carboxylic acids is 2. The maximum Gasteiger partial charge on any atom is 0.331 e. The van der Waals surface area contributed by atoms with E-state index in [-0.39, 0.29) is 0 Å². The molecule has 0 aliphatic heterocycles. The molecule has 0 saturated carbocycles. The van der Waals surface area contributed by atoms with Gasteiger partial charge in [-0.3, -0.25) is 4.79 Å². The summed E-state index contributed by atoms with van der Waals surface area (Å²) < 4.78 is 15.7. The molecule has 0 bridgehead atoms. The van der Waals surface area contributed by atoms with E-state index in [0.717, 1.165) is 6.42 Å². The van der Waals surface area contributed by atoms with Crippen LogP contribution in [0.4, 0.5) is 5.69 Å². The lowest BCUT2D eigenvalue weighted by Gasteiger charge is -2.13. The predicted octanol–water partition coefficient (Wildman–Crippen LogP) is 3.85. The normalized spacial score (nSPS) is 11.7. The highest BCUT2D eigenvalue weighted by Crippen LogP contribution is 2.31. The molecule has 28 heavy (non-hydrogen) atoms. The van der Waals surface area contributed by atoms with Crippen molar-refractivity contribution in [1.82, 2.24) is 0 Å². The number of carbonyl (C=O) groups is 2. The van der Waals surface area contributed by atoms with E-state index < -0.39 is 18.0 Å². The summed E-state index contributed by atoms with van der Waals surface area (Å²) in [7, 11) is 3.06. The van der Waals surface area contributed by atoms with Crippen LogP contribution in [0, 0.1) is 0 Å². The second-order valence-electron chi connectivity index (χ2n) is 6.03. The van der Waals surface area contributed by atoms with Crippen LogP contribution in [0.2, 0.25) is 0 Å². The van der Waals surface area contributed by atoms with Gasteiger partial charge in [0.1, 0.15) is 0 Å². The molecular formula is C22H25NO5. The number of rotatable bonds is 8. The fraction of sp³-hybridized carbons (Fsp3) is 0.273. The third-order valence-corrected chi connectivity index (χ3v) is 4.12. The van der Waals surface area contributed by atoms with Crippen molar-refractivity contribution >= 4 is 23.6 Å². The average molecular weight is 383 g/mol. The van der Waals surface area contributed by atoms with Crippen LogP contribution in [0.15, 0.2) is 48.5 Å². The highest BCUT2D eigenvalue weighted by atomic mass is 16.5. The molecule has 0 unspecified atom stereocenters. The number of hydrogen-bond donors (Lipinski definition) is 1. The first-order valence-corrected chi connectivity index (χ1v) is 8.98. The van der Waals surface area contributed by atoms with E-state index in [2.05, 4.69) is 12.2 Å². The number of para-hydroxylation sites is 1. The van der Waals surface area contributed by atoms with Gasteiger partial charge in [-0.25, -0.2) is 4.79 Å². The van der Waals surface area contributed by atoms with Gasteiger partial charge >= 0.3 is 5.97 Å². The Balaban J connectivity index is 1.96. The molecule has 0 fully saturated rings. The van der Waals surface area contributed by atoms with Gasteiger partial charge in [0.2, 0.25) is 0 Å². The maximum absolute atomic E-state index is 12.2. The Morgan fingerprint density at radius 3 is 2.39 bits per heavy atom. The minimum atomic E-state index is -0.935. The third-order valence-electron chi connectivity index (χ3n) is 4.12. The SMILES string of the molecule is CCc1ccc(NC(=O)[C@@H](C)OC(=O)/C=C/c2cccc(OC)c2OC)cc1. The lowest BCUT2D eigenvalue weighted by Crippen LogP contribution is -2.29. The van der Waals surface area contributed by atoms with Gasteiger partial charge in [0.05, 0.1) is 14.2 Å². The zero-order chi connectivity index (χ0) is 20.5. The topological polar surface area (TPSA) is 73.9 Å². The summed E-state index contributed by atoms with van der Waals surface area (Å²) in [6.07, 6.45) is 2.79. The van der Waals surface area contributed by atoms with E-state index in [1.54, 1.807) is 24.3 Å². The van der Waals surface area contributed by atoms with Crippen molar-refractivity contribution in [2.45, 2.75) is 26.4 Å². The van der Waals surface area contributed by atoms with E-state index in [9.17, 15) is 9.59 Å². The van der Waals surface area contributed by atoms with Gasteiger partial charge in [-0.15, -0.1) is 0 Å². The number of benzene rings is 2. The number of amides is 1. The molecule has 0 heterocycles. The number of methoxy groups -OCH3 is 2. The Morgan fingerprint density at radius 1 is 1.07 bits per heavy atom. The molecule has 1 N–H and O–H groups in total. The smallest absolute Gasteiger partial charge is 0.331 e. The van der Waals surface area contributed by atoms with Gasteiger partial charge in [-0.1, -0.05) is 31.2 Å². The summed E-state index contributed by atoms with van der Waals surface area (Å²) in [6, 6.07) is 12.8. The lowest BCUT2D eigenvalue weighted by atomic mass is 10.1. The lowest BCUT2D eigenvalue weighted by molar-refractivity contribution is -0.148. The molecule has 0 aliphatic rings. The van der Waals surface area contributed by atoms with Crippen LogP contribution in [-0.4, -0.2) is 32.2 Å². The molecule has 2 aromatic carbocycles. The molecule has 6 nitrogen and oxygen atoms in total. The summed E-state index contributed by atoms with van der Waals surface area (Å²) in [6.45, 7) is 3.58. The first kappa shape index (κ1) is 21.0. The first-order chi connectivity index (χ1) is 13.5. The zero-order valence-electron chi connectivity index (χ0n) is 16.5. The van der Waals surface area contributed by atoms with E-state index >= 15 is 0 Å². The monoisotopic (exact) mass is 383 g/mol. The molecule has 1 amide bonds. The third kappa shape index (κ3) is 5.61. The van der Waals surface area contributed by atoms with Gasteiger partial charge < -0.3 is 19.5 Å². The van der Waals surface area contributed by atoms with Crippen LogP contribution < -0.4 is 14.8 Å². The number of esters is 1. The summed E-state index contributed by atoms with van der Waals surface area (Å²) >= 11 is 0. The van der Waals surface area contributed by atoms with E-state index in [1.165, 1.54) is 32.8 Å². The molecular weight excluding hydrogens is 358 g/mol. The van der Waals surface area contributed by atoms with E-state index in [4.69, 9.17) is 14.2 Å². The minimum Gasteiger partial charge on any atom is -0.493 e. The summed E-state index contributed by atoms with van der Waals surface area (Å²) in [4.78, 5) is 24.3. The van der Waals surface area contributed by atoms with E-state index in [0.29, 0.717) is 22.7 Å². The van der Waals surface area contributed by atoms with Gasteiger partial charge in [-0.05, 0) is 43.2 Å². The largest absolute Gasteiger partial charge is 0.493 e. The van der Waals surface area contributed by atoms with E-state index in [1.807, 2.05) is 24.3 Å². The fourth-order valence-corrected chi connectivity index (χ4v) is 2.54. The number of ether oxygens (including phenoxy) is 3. The Bertz CT molecular complexity index is 843. The first-order valence-electron chi connectivity index (χ1n) is 8.98. The second-order valence-corrected chi connectivity index (χ2v) is 6.03. The van der Waals surface area contributed by atoms with Crippen molar-refractivity contribution in [1.29, 1.82) is 0 Å². The zero-order valence-corrected chi connectivity index (χ0v) is 16.5.